The summed E-state index contributed by atoms with van der Waals surface area (Å²) >= 11 is 0. The maximum Gasteiger partial charge on any atom is 0.244 e. The molecule has 0 radical (unpaired) electrons. The fourth-order valence-electron chi connectivity index (χ4n) is 3.21. The molecule has 29 heavy (non-hydrogen) atoms. The molecule has 0 aromatic heterocycles. The Labute approximate surface area is 168 Å². The van der Waals surface area contributed by atoms with Gasteiger partial charge in [0.25, 0.3) is 0 Å². The summed E-state index contributed by atoms with van der Waals surface area (Å²) < 4.78 is 32.7. The predicted molar refractivity (Wildman–Crippen MR) is 106 cm³/mol. The van der Waals surface area contributed by atoms with Crippen molar-refractivity contribution in [1.29, 1.82) is 0 Å². The third-order valence-corrected chi connectivity index (χ3v) is 4.76. The van der Waals surface area contributed by atoms with Crippen LogP contribution in [0.15, 0.2) is 48.5 Å². The number of hydrogen-bond acceptors (Lipinski definition) is 4. The van der Waals surface area contributed by atoms with E-state index in [1.54, 1.807) is 0 Å². The molecule has 1 aliphatic rings. The highest BCUT2D eigenvalue weighted by atomic mass is 19.1. The van der Waals surface area contributed by atoms with Crippen LogP contribution < -0.4 is 5.32 Å². The van der Waals surface area contributed by atoms with Crippen LogP contribution in [0, 0.1) is 11.6 Å². The quantitative estimate of drug-likeness (QED) is 0.699. The number of nitrogens with one attached hydrogen (secondary N) is 1. The van der Waals surface area contributed by atoms with Gasteiger partial charge in [0.2, 0.25) is 5.91 Å². The molecule has 1 saturated heterocycles. The number of carbonyl (C=O) groups is 1. The highest BCUT2D eigenvalue weighted by molar-refractivity contribution is 5.92. The van der Waals surface area contributed by atoms with Crippen LogP contribution in [0.3, 0.4) is 0 Å². The minimum Gasteiger partial charge on any atom is -0.394 e. The summed E-state index contributed by atoms with van der Waals surface area (Å²) in [7, 11) is 0. The fraction of sp³-hybridized carbons (Fsp3) is 0.318. The van der Waals surface area contributed by atoms with Crippen molar-refractivity contribution in [1.82, 2.24) is 10.2 Å². The number of halogens is 2. The Hall–Kier alpha value is -2.61. The molecule has 0 saturated carbocycles. The van der Waals surface area contributed by atoms with Crippen molar-refractivity contribution in [3.63, 3.8) is 0 Å². The standard InChI is InChI=1S/C22H24F2N2O3/c23-19-5-2-6-20(24)18(19)7-8-22(28)25-21(15-27)17-4-1-3-16(13-17)14-26-9-11-29-12-10-26/h1-8,13,21,27H,9-12,14-15H2,(H,25,28)/b8-7+/t21-/m1/s1. The molecule has 0 bridgehead atoms. The first kappa shape index (κ1) is 21.1. The second-order valence-electron chi connectivity index (χ2n) is 6.85. The Kier molecular flexibility index (Phi) is 7.46. The molecule has 0 unspecified atom stereocenters. The lowest BCUT2D eigenvalue weighted by molar-refractivity contribution is -0.117. The molecular formula is C22H24F2N2O3. The van der Waals surface area contributed by atoms with Crippen LogP contribution >= 0.6 is 0 Å². The fourth-order valence-corrected chi connectivity index (χ4v) is 3.21. The number of hydrogen-bond donors (Lipinski definition) is 2. The Balaban J connectivity index is 1.65. The average molecular weight is 402 g/mol. The zero-order valence-electron chi connectivity index (χ0n) is 16.0. The maximum absolute atomic E-state index is 13.7. The van der Waals surface area contributed by atoms with Crippen LogP contribution in [0.5, 0.6) is 0 Å². The summed E-state index contributed by atoms with van der Waals surface area (Å²) in [6.45, 7) is 3.61. The first-order chi connectivity index (χ1) is 14.1. The van der Waals surface area contributed by atoms with Gasteiger partial charge in [-0.1, -0.05) is 30.3 Å². The van der Waals surface area contributed by atoms with Crippen LogP contribution in [0.1, 0.15) is 22.7 Å². The van der Waals surface area contributed by atoms with Crippen molar-refractivity contribution >= 4 is 12.0 Å². The van der Waals surface area contributed by atoms with Crippen LogP contribution in [0.4, 0.5) is 8.78 Å². The van der Waals surface area contributed by atoms with Crippen molar-refractivity contribution in [2.75, 3.05) is 32.9 Å². The first-order valence-corrected chi connectivity index (χ1v) is 9.49. The second kappa shape index (κ2) is 10.2. The van der Waals surface area contributed by atoms with E-state index in [1.165, 1.54) is 6.07 Å². The van der Waals surface area contributed by atoms with E-state index in [0.717, 1.165) is 55.0 Å². The summed E-state index contributed by atoms with van der Waals surface area (Å²) in [6.07, 6.45) is 2.14. The highest BCUT2D eigenvalue weighted by Gasteiger charge is 2.15. The topological polar surface area (TPSA) is 61.8 Å². The SMILES string of the molecule is O=C(/C=C/c1c(F)cccc1F)N[C@H](CO)c1cccc(CN2CCOCC2)c1. The molecule has 3 rings (SSSR count). The molecule has 5 nitrogen and oxygen atoms in total. The van der Waals surface area contributed by atoms with Crippen molar-refractivity contribution in [3.05, 3.63) is 76.9 Å². The lowest BCUT2D eigenvalue weighted by Gasteiger charge is -2.27. The van der Waals surface area contributed by atoms with E-state index in [4.69, 9.17) is 4.74 Å². The lowest BCUT2D eigenvalue weighted by Crippen LogP contribution is -2.35. The molecule has 1 atom stereocenters. The zero-order valence-corrected chi connectivity index (χ0v) is 16.0. The number of amides is 1. The molecular weight excluding hydrogens is 378 g/mol. The predicted octanol–water partition coefficient (Wildman–Crippen LogP) is 2.66. The largest absolute Gasteiger partial charge is 0.394 e. The van der Waals surface area contributed by atoms with Gasteiger partial charge in [0.1, 0.15) is 11.6 Å². The number of ether oxygens (including phenoxy) is 1. The van der Waals surface area contributed by atoms with E-state index in [0.29, 0.717) is 13.2 Å². The number of morpholine rings is 1. The summed E-state index contributed by atoms with van der Waals surface area (Å²) in [6, 6.07) is 10.5. The van der Waals surface area contributed by atoms with Crippen molar-refractivity contribution in [3.8, 4) is 0 Å². The Morgan fingerprint density at radius 3 is 2.55 bits per heavy atom. The molecule has 1 heterocycles. The van der Waals surface area contributed by atoms with E-state index in [1.807, 2.05) is 24.3 Å². The van der Waals surface area contributed by atoms with Gasteiger partial charge < -0.3 is 15.2 Å². The van der Waals surface area contributed by atoms with Crippen molar-refractivity contribution in [2.45, 2.75) is 12.6 Å². The Morgan fingerprint density at radius 2 is 1.86 bits per heavy atom. The second-order valence-corrected chi connectivity index (χ2v) is 6.85. The number of aliphatic hydroxyl groups is 1. The smallest absolute Gasteiger partial charge is 0.244 e. The Bertz CT molecular complexity index is 847. The van der Waals surface area contributed by atoms with Crippen LogP contribution in [-0.4, -0.2) is 48.8 Å². The van der Waals surface area contributed by atoms with Gasteiger partial charge in [0, 0.05) is 31.3 Å². The number of carbonyl (C=O) groups excluding carboxylic acids is 1. The molecule has 7 heteroatoms. The van der Waals surface area contributed by atoms with Crippen LogP contribution in [-0.2, 0) is 16.1 Å². The number of nitrogens with zero attached hydrogens (tertiary/aromatic N) is 1. The van der Waals surface area contributed by atoms with Gasteiger partial charge in [-0.25, -0.2) is 8.78 Å². The molecule has 0 aliphatic carbocycles. The van der Waals surface area contributed by atoms with Gasteiger partial charge in [-0.2, -0.15) is 0 Å². The molecule has 1 amide bonds. The van der Waals surface area contributed by atoms with Gasteiger partial charge in [-0.05, 0) is 29.3 Å². The summed E-state index contributed by atoms with van der Waals surface area (Å²) in [5.41, 5.74) is 1.55. The van der Waals surface area contributed by atoms with E-state index >= 15 is 0 Å². The zero-order chi connectivity index (χ0) is 20.6. The van der Waals surface area contributed by atoms with Gasteiger partial charge in [-0.15, -0.1) is 0 Å². The Morgan fingerprint density at radius 1 is 1.17 bits per heavy atom. The summed E-state index contributed by atoms with van der Waals surface area (Å²) in [5.74, 6) is -2.04. The maximum atomic E-state index is 13.7. The number of rotatable bonds is 7. The van der Waals surface area contributed by atoms with Gasteiger partial charge in [-0.3, -0.25) is 9.69 Å². The molecule has 1 aliphatic heterocycles. The van der Waals surface area contributed by atoms with E-state index in [-0.39, 0.29) is 12.2 Å². The van der Waals surface area contributed by atoms with Crippen LogP contribution in [0.25, 0.3) is 6.08 Å². The summed E-state index contributed by atoms with van der Waals surface area (Å²) in [4.78, 5) is 14.5. The molecule has 0 spiro atoms. The monoisotopic (exact) mass is 402 g/mol. The third kappa shape index (κ3) is 5.93. The molecule has 2 N–H and O–H groups in total. The highest BCUT2D eigenvalue weighted by Crippen LogP contribution is 2.17. The minimum atomic E-state index is -0.747. The first-order valence-electron chi connectivity index (χ1n) is 9.49. The normalized spacial score (nSPS) is 16.1. The lowest BCUT2D eigenvalue weighted by atomic mass is 10.0. The van der Waals surface area contributed by atoms with Gasteiger partial charge in [0.05, 0.1) is 25.9 Å². The summed E-state index contributed by atoms with van der Waals surface area (Å²) in [5, 5.41) is 12.4. The molecule has 1 fully saturated rings. The molecule has 2 aromatic carbocycles. The van der Waals surface area contributed by atoms with Gasteiger partial charge >= 0.3 is 0 Å². The minimum absolute atomic E-state index is 0.282. The van der Waals surface area contributed by atoms with Crippen LogP contribution in [0.2, 0.25) is 0 Å². The number of aliphatic hydroxyl groups excluding tert-OH is 1. The van der Waals surface area contributed by atoms with E-state index in [9.17, 15) is 18.7 Å². The molecule has 2 aromatic rings. The number of benzene rings is 2. The van der Waals surface area contributed by atoms with E-state index in [2.05, 4.69) is 10.2 Å². The van der Waals surface area contributed by atoms with Crippen molar-refractivity contribution in [2.24, 2.45) is 0 Å². The molecule has 154 valence electrons. The average Bonchev–Trinajstić information content (AvgIpc) is 2.72. The van der Waals surface area contributed by atoms with E-state index < -0.39 is 23.6 Å². The van der Waals surface area contributed by atoms with Crippen molar-refractivity contribution < 1.29 is 23.4 Å². The van der Waals surface area contributed by atoms with Gasteiger partial charge in [0.15, 0.2) is 0 Å². The third-order valence-electron chi connectivity index (χ3n) is 4.76.